The van der Waals surface area contributed by atoms with E-state index in [0.717, 1.165) is 11.1 Å². The Morgan fingerprint density at radius 3 is 2.42 bits per heavy atom. The molecule has 3 aromatic carbocycles. The fourth-order valence-corrected chi connectivity index (χ4v) is 5.31. The molecule has 2 fully saturated rings. The van der Waals surface area contributed by atoms with Crippen LogP contribution in [-0.2, 0) is 11.4 Å². The van der Waals surface area contributed by atoms with Crippen molar-refractivity contribution >= 4 is 5.91 Å². The number of phenols is 1. The number of benzene rings is 3. The van der Waals surface area contributed by atoms with Gasteiger partial charge < -0.3 is 24.6 Å². The van der Waals surface area contributed by atoms with Gasteiger partial charge in [-0.25, -0.2) is 10.9 Å². The zero-order chi connectivity index (χ0) is 25.1. The monoisotopic (exact) mass is 489 g/mol. The largest absolute Gasteiger partial charge is 0.508 e. The maximum Gasteiger partial charge on any atom is 0.242 e. The van der Waals surface area contributed by atoms with E-state index in [9.17, 15) is 15.0 Å². The number of ether oxygens (including phenoxy) is 2. The Bertz CT molecular complexity index is 1200. The van der Waals surface area contributed by atoms with Gasteiger partial charge in [-0.1, -0.05) is 54.6 Å². The molecule has 2 aliphatic heterocycles. The molecular formula is C28H31N3O5. The van der Waals surface area contributed by atoms with Crippen LogP contribution in [0.25, 0.3) is 0 Å². The molecule has 2 heterocycles. The fourth-order valence-electron chi connectivity index (χ4n) is 5.31. The Morgan fingerprint density at radius 2 is 1.67 bits per heavy atom. The molecule has 188 valence electrons. The van der Waals surface area contributed by atoms with Gasteiger partial charge in [0.25, 0.3) is 0 Å². The summed E-state index contributed by atoms with van der Waals surface area (Å²) >= 11 is 0. The van der Waals surface area contributed by atoms with Gasteiger partial charge in [0.2, 0.25) is 5.91 Å². The van der Waals surface area contributed by atoms with Crippen molar-refractivity contribution in [2.75, 3.05) is 19.8 Å². The van der Waals surface area contributed by atoms with E-state index in [0.29, 0.717) is 30.3 Å². The van der Waals surface area contributed by atoms with E-state index in [1.54, 1.807) is 17.0 Å². The van der Waals surface area contributed by atoms with Crippen LogP contribution < -0.4 is 20.3 Å². The average molecular weight is 490 g/mol. The first-order chi connectivity index (χ1) is 17.6. The molecule has 36 heavy (non-hydrogen) atoms. The van der Waals surface area contributed by atoms with Gasteiger partial charge in [0.05, 0.1) is 25.3 Å². The fraction of sp³-hybridized carbons (Fsp3) is 0.321. The number of nitrogens with one attached hydrogen (secondary N) is 2. The number of aromatic hydroxyl groups is 1. The third-order valence-electron chi connectivity index (χ3n) is 6.87. The van der Waals surface area contributed by atoms with Gasteiger partial charge >= 0.3 is 0 Å². The predicted molar refractivity (Wildman–Crippen MR) is 134 cm³/mol. The number of fused-ring (bicyclic) bond motifs is 1. The predicted octanol–water partition coefficient (Wildman–Crippen LogP) is 3.08. The summed E-state index contributed by atoms with van der Waals surface area (Å²) in [5.74, 6) is 1.08. The second-order valence-electron chi connectivity index (χ2n) is 8.99. The lowest BCUT2D eigenvalue weighted by molar-refractivity contribution is -0.131. The van der Waals surface area contributed by atoms with Crippen LogP contribution >= 0.6 is 0 Å². The zero-order valence-corrected chi connectivity index (χ0v) is 20.1. The minimum absolute atomic E-state index is 0.0909. The molecule has 0 bridgehead atoms. The lowest BCUT2D eigenvalue weighted by Crippen LogP contribution is -2.42. The third kappa shape index (κ3) is 4.51. The number of nitrogens with zero attached hydrogens (tertiary/aromatic N) is 1. The second kappa shape index (κ2) is 10.6. The molecule has 0 spiro atoms. The number of aliphatic hydroxyl groups excluding tert-OH is 1. The molecule has 0 aromatic heterocycles. The van der Waals surface area contributed by atoms with E-state index < -0.39 is 6.04 Å². The number of aliphatic hydroxyl groups is 1. The van der Waals surface area contributed by atoms with Gasteiger partial charge in [-0.2, -0.15) is 0 Å². The van der Waals surface area contributed by atoms with Crippen molar-refractivity contribution in [2.24, 2.45) is 5.92 Å². The molecule has 2 saturated heterocycles. The van der Waals surface area contributed by atoms with Crippen molar-refractivity contribution in [1.29, 1.82) is 0 Å². The van der Waals surface area contributed by atoms with Gasteiger partial charge in [0, 0.05) is 18.0 Å². The third-order valence-corrected chi connectivity index (χ3v) is 6.87. The molecule has 0 aliphatic carbocycles. The molecule has 0 radical (unpaired) electrons. The molecule has 5 rings (SSSR count). The maximum absolute atomic E-state index is 13.4. The molecule has 2 aliphatic rings. The SMILES string of the molecule is CCOc1cc(C2C3C(NNC3c3ccccc3O)C(=O)N2CCO)ccc1OCc1ccccc1. The minimum atomic E-state index is -0.490. The number of β-amino-alcohol motifs (C(OH)–C–C–N with tert-alkyl or cyclic N) is 1. The molecule has 0 saturated carbocycles. The van der Waals surface area contributed by atoms with Crippen LogP contribution in [-0.4, -0.2) is 46.8 Å². The van der Waals surface area contributed by atoms with Gasteiger partial charge in [-0.15, -0.1) is 0 Å². The number of carbonyl (C=O) groups excluding carboxylic acids is 1. The molecule has 8 heteroatoms. The highest BCUT2D eigenvalue weighted by Gasteiger charge is 2.55. The molecule has 1 amide bonds. The molecule has 4 unspecified atom stereocenters. The van der Waals surface area contributed by atoms with Crippen molar-refractivity contribution in [1.82, 2.24) is 15.8 Å². The van der Waals surface area contributed by atoms with Crippen molar-refractivity contribution < 1.29 is 24.5 Å². The maximum atomic E-state index is 13.4. The van der Waals surface area contributed by atoms with E-state index in [-0.39, 0.29) is 42.8 Å². The van der Waals surface area contributed by atoms with Crippen molar-refractivity contribution in [3.8, 4) is 17.2 Å². The number of amides is 1. The number of hydrazine groups is 1. The highest BCUT2D eigenvalue weighted by molar-refractivity contribution is 5.86. The van der Waals surface area contributed by atoms with Gasteiger partial charge in [-0.05, 0) is 36.2 Å². The molecule has 3 aromatic rings. The van der Waals surface area contributed by atoms with E-state index in [1.807, 2.05) is 67.6 Å². The summed E-state index contributed by atoms with van der Waals surface area (Å²) in [6.45, 7) is 2.85. The number of phenolic OH excluding ortho intramolecular Hbond substituents is 1. The molecule has 4 atom stereocenters. The lowest BCUT2D eigenvalue weighted by atomic mass is 9.83. The highest BCUT2D eigenvalue weighted by atomic mass is 16.5. The summed E-state index contributed by atoms with van der Waals surface area (Å²) in [5, 5.41) is 20.3. The van der Waals surface area contributed by atoms with Crippen molar-refractivity contribution in [3.05, 3.63) is 89.5 Å². The highest BCUT2D eigenvalue weighted by Crippen LogP contribution is 2.49. The Hall–Kier alpha value is -3.59. The first-order valence-corrected chi connectivity index (χ1v) is 12.3. The first-order valence-electron chi connectivity index (χ1n) is 12.3. The number of hydrogen-bond donors (Lipinski definition) is 4. The molecule has 4 N–H and O–H groups in total. The van der Waals surface area contributed by atoms with Gasteiger partial charge in [0.1, 0.15) is 18.4 Å². The Kier molecular flexibility index (Phi) is 7.09. The quantitative estimate of drug-likeness (QED) is 0.366. The number of likely N-dealkylation sites (tertiary alicyclic amines) is 1. The van der Waals surface area contributed by atoms with Crippen LogP contribution in [0.4, 0.5) is 0 Å². The van der Waals surface area contributed by atoms with E-state index in [1.165, 1.54) is 0 Å². The minimum Gasteiger partial charge on any atom is -0.508 e. The van der Waals surface area contributed by atoms with Crippen LogP contribution in [0.1, 0.15) is 35.7 Å². The average Bonchev–Trinajstić information content (AvgIpc) is 3.44. The summed E-state index contributed by atoms with van der Waals surface area (Å²) < 4.78 is 12.0. The zero-order valence-electron chi connectivity index (χ0n) is 20.1. The van der Waals surface area contributed by atoms with Crippen LogP contribution in [0, 0.1) is 5.92 Å². The lowest BCUT2D eigenvalue weighted by Gasteiger charge is -2.31. The van der Waals surface area contributed by atoms with E-state index in [4.69, 9.17) is 9.47 Å². The van der Waals surface area contributed by atoms with Crippen LogP contribution in [0.15, 0.2) is 72.8 Å². The summed E-state index contributed by atoms with van der Waals surface area (Å²) in [6, 6.07) is 21.7. The smallest absolute Gasteiger partial charge is 0.242 e. The first kappa shape index (κ1) is 24.1. The van der Waals surface area contributed by atoms with Crippen molar-refractivity contribution in [2.45, 2.75) is 31.7 Å². The van der Waals surface area contributed by atoms with E-state index >= 15 is 0 Å². The Labute approximate surface area is 210 Å². The Balaban J connectivity index is 1.50. The molecular weight excluding hydrogens is 458 g/mol. The van der Waals surface area contributed by atoms with E-state index in [2.05, 4.69) is 10.9 Å². The number of carbonyl (C=O) groups is 1. The number of rotatable bonds is 9. The van der Waals surface area contributed by atoms with Crippen LogP contribution in [0.2, 0.25) is 0 Å². The topological polar surface area (TPSA) is 103 Å². The Morgan fingerprint density at radius 1 is 0.917 bits per heavy atom. The van der Waals surface area contributed by atoms with Crippen molar-refractivity contribution in [3.63, 3.8) is 0 Å². The standard InChI is InChI=1S/C28H31N3O5/c1-2-35-23-16-19(12-13-22(23)36-17-18-8-4-3-5-9-18)27-24-25(20-10-6-7-11-21(20)33)29-30-26(24)28(34)31(27)14-15-32/h3-13,16,24-27,29-30,32-33H,2,14-15,17H2,1H3. The number of hydrogen-bond acceptors (Lipinski definition) is 7. The normalized spacial score (nSPS) is 23.1. The summed E-state index contributed by atoms with van der Waals surface area (Å²) in [5.41, 5.74) is 9.00. The molecule has 8 nitrogen and oxygen atoms in total. The van der Waals surface area contributed by atoms with Gasteiger partial charge in [-0.3, -0.25) is 4.79 Å². The summed E-state index contributed by atoms with van der Waals surface area (Å²) in [4.78, 5) is 15.1. The summed E-state index contributed by atoms with van der Waals surface area (Å²) in [6.07, 6.45) is 0. The van der Waals surface area contributed by atoms with Gasteiger partial charge in [0.15, 0.2) is 11.5 Å². The number of para-hydroxylation sites is 1. The summed E-state index contributed by atoms with van der Waals surface area (Å²) in [7, 11) is 0. The van der Waals surface area contributed by atoms with Crippen LogP contribution in [0.5, 0.6) is 17.2 Å². The second-order valence-corrected chi connectivity index (χ2v) is 8.99. The van der Waals surface area contributed by atoms with Crippen LogP contribution in [0.3, 0.4) is 0 Å².